The van der Waals surface area contributed by atoms with Crippen LogP contribution in [0.1, 0.15) is 41.9 Å². The number of carbonyl (C=O) groups excluding carboxylic acids is 1. The largest absolute Gasteiger partial charge is 0.349 e. The molecule has 0 unspecified atom stereocenters. The minimum atomic E-state index is -0.000954. The SMILES string of the molecule is CCc1ccc(-c2cc(C(=O)NC3CCN(CC)CC3)c3cc(Br)ccc3n2)s1. The lowest BCUT2D eigenvalue weighted by atomic mass is 10.0. The lowest BCUT2D eigenvalue weighted by Gasteiger charge is -2.31. The van der Waals surface area contributed by atoms with Crippen LogP contribution in [0.3, 0.4) is 0 Å². The van der Waals surface area contributed by atoms with Crippen LogP contribution in [0.5, 0.6) is 0 Å². The number of aryl methyl sites for hydroxylation is 1. The zero-order valence-electron chi connectivity index (χ0n) is 16.9. The highest BCUT2D eigenvalue weighted by Crippen LogP contribution is 2.31. The van der Waals surface area contributed by atoms with Crippen LogP contribution in [0.4, 0.5) is 0 Å². The van der Waals surface area contributed by atoms with E-state index in [1.54, 1.807) is 11.3 Å². The Hall–Kier alpha value is -1.76. The van der Waals surface area contributed by atoms with E-state index in [-0.39, 0.29) is 11.9 Å². The Kier molecular flexibility index (Phi) is 6.32. The van der Waals surface area contributed by atoms with Crippen molar-refractivity contribution >= 4 is 44.1 Å². The number of thiophene rings is 1. The van der Waals surface area contributed by atoms with Crippen molar-refractivity contribution in [2.45, 2.75) is 39.2 Å². The standard InChI is InChI=1S/C23H26BrN3OS/c1-3-17-6-8-22(29-17)21-14-19(18-13-15(24)5-7-20(18)26-21)23(28)25-16-9-11-27(4-2)12-10-16/h5-8,13-14,16H,3-4,9-12H2,1-2H3,(H,25,28). The number of pyridine rings is 1. The van der Waals surface area contributed by atoms with E-state index in [0.717, 1.165) is 64.8 Å². The molecule has 3 heterocycles. The van der Waals surface area contributed by atoms with Crippen LogP contribution in [0.25, 0.3) is 21.5 Å². The Morgan fingerprint density at radius 1 is 1.21 bits per heavy atom. The number of carbonyl (C=O) groups is 1. The molecule has 1 aliphatic heterocycles. The molecule has 0 saturated carbocycles. The van der Waals surface area contributed by atoms with Gasteiger partial charge in [-0.05, 0) is 62.2 Å². The maximum atomic E-state index is 13.3. The molecular weight excluding hydrogens is 446 g/mol. The summed E-state index contributed by atoms with van der Waals surface area (Å²) < 4.78 is 0.953. The smallest absolute Gasteiger partial charge is 0.252 e. The molecule has 1 saturated heterocycles. The van der Waals surface area contributed by atoms with Crippen molar-refractivity contribution in [1.29, 1.82) is 0 Å². The molecule has 29 heavy (non-hydrogen) atoms. The van der Waals surface area contributed by atoms with Gasteiger partial charge in [0.1, 0.15) is 0 Å². The Bertz CT molecular complexity index is 1020. The van der Waals surface area contributed by atoms with Gasteiger partial charge in [0.15, 0.2) is 0 Å². The minimum Gasteiger partial charge on any atom is -0.349 e. The number of fused-ring (bicyclic) bond motifs is 1. The third kappa shape index (κ3) is 4.55. The minimum absolute atomic E-state index is 0.000954. The highest BCUT2D eigenvalue weighted by Gasteiger charge is 2.22. The number of nitrogens with zero attached hydrogens (tertiary/aromatic N) is 2. The molecular formula is C23H26BrN3OS. The molecule has 2 aromatic heterocycles. The second-order valence-corrected chi connectivity index (χ2v) is 9.60. The van der Waals surface area contributed by atoms with E-state index in [1.165, 1.54) is 4.88 Å². The first kappa shape index (κ1) is 20.5. The van der Waals surface area contributed by atoms with Crippen LogP contribution in [0.15, 0.2) is 40.9 Å². The van der Waals surface area contributed by atoms with Gasteiger partial charge in [-0.25, -0.2) is 4.98 Å². The number of benzene rings is 1. The first-order valence-corrected chi connectivity index (χ1v) is 11.9. The van der Waals surface area contributed by atoms with Crippen LogP contribution in [-0.4, -0.2) is 41.5 Å². The molecule has 1 N–H and O–H groups in total. The highest BCUT2D eigenvalue weighted by molar-refractivity contribution is 9.10. The fraction of sp³-hybridized carbons (Fsp3) is 0.391. The number of amides is 1. The fourth-order valence-electron chi connectivity index (χ4n) is 3.87. The number of hydrogen-bond donors (Lipinski definition) is 1. The number of aromatic nitrogens is 1. The molecule has 3 aromatic rings. The summed E-state index contributed by atoms with van der Waals surface area (Å²) in [5.41, 5.74) is 2.43. The summed E-state index contributed by atoms with van der Waals surface area (Å²) >= 11 is 5.29. The molecule has 1 aromatic carbocycles. The predicted octanol–water partition coefficient (Wildman–Crippen LogP) is 5.50. The van der Waals surface area contributed by atoms with Crippen molar-refractivity contribution in [1.82, 2.24) is 15.2 Å². The van der Waals surface area contributed by atoms with E-state index in [0.29, 0.717) is 5.56 Å². The monoisotopic (exact) mass is 471 g/mol. The van der Waals surface area contributed by atoms with Gasteiger partial charge in [0.05, 0.1) is 21.7 Å². The van der Waals surface area contributed by atoms with Gasteiger partial charge >= 0.3 is 0 Å². The molecule has 1 amide bonds. The van der Waals surface area contributed by atoms with E-state index < -0.39 is 0 Å². The quantitative estimate of drug-likeness (QED) is 0.533. The van der Waals surface area contributed by atoms with Gasteiger partial charge in [0, 0.05) is 33.9 Å². The second-order valence-electron chi connectivity index (χ2n) is 7.52. The number of likely N-dealkylation sites (tertiary alicyclic amines) is 1. The summed E-state index contributed by atoms with van der Waals surface area (Å²) in [6, 6.07) is 12.4. The molecule has 6 heteroatoms. The normalized spacial score (nSPS) is 15.7. The molecule has 0 bridgehead atoms. The van der Waals surface area contributed by atoms with Gasteiger partial charge in [0.25, 0.3) is 5.91 Å². The number of rotatable bonds is 5. The number of halogens is 1. The summed E-state index contributed by atoms with van der Waals surface area (Å²) in [6.07, 6.45) is 3.02. The van der Waals surface area contributed by atoms with Crippen LogP contribution >= 0.6 is 27.3 Å². The van der Waals surface area contributed by atoms with Gasteiger partial charge in [-0.1, -0.05) is 29.8 Å². The summed E-state index contributed by atoms with van der Waals surface area (Å²) in [6.45, 7) is 7.52. The second kappa shape index (κ2) is 8.94. The Morgan fingerprint density at radius 2 is 2.00 bits per heavy atom. The zero-order chi connectivity index (χ0) is 20.4. The van der Waals surface area contributed by atoms with Gasteiger partial charge in [0.2, 0.25) is 0 Å². The molecule has 0 aliphatic carbocycles. The average Bonchev–Trinajstić information content (AvgIpc) is 3.23. The topological polar surface area (TPSA) is 45.2 Å². The molecule has 152 valence electrons. The van der Waals surface area contributed by atoms with Gasteiger partial charge in [-0.3, -0.25) is 4.79 Å². The van der Waals surface area contributed by atoms with Crippen molar-refractivity contribution in [3.63, 3.8) is 0 Å². The summed E-state index contributed by atoms with van der Waals surface area (Å²) in [5.74, 6) is -0.000954. The lowest BCUT2D eigenvalue weighted by Crippen LogP contribution is -2.44. The predicted molar refractivity (Wildman–Crippen MR) is 125 cm³/mol. The zero-order valence-corrected chi connectivity index (χ0v) is 19.3. The van der Waals surface area contributed by atoms with Crippen molar-refractivity contribution < 1.29 is 4.79 Å². The Morgan fingerprint density at radius 3 is 2.69 bits per heavy atom. The third-order valence-corrected chi connectivity index (χ3v) is 7.39. The van der Waals surface area contributed by atoms with E-state index in [9.17, 15) is 4.79 Å². The first-order valence-electron chi connectivity index (χ1n) is 10.3. The molecule has 1 fully saturated rings. The van der Waals surface area contributed by atoms with E-state index in [1.807, 2.05) is 24.3 Å². The van der Waals surface area contributed by atoms with Crippen LogP contribution < -0.4 is 5.32 Å². The van der Waals surface area contributed by atoms with Crippen LogP contribution in [0, 0.1) is 0 Å². The molecule has 1 aliphatic rings. The van der Waals surface area contributed by atoms with Crippen LogP contribution in [0.2, 0.25) is 0 Å². The maximum absolute atomic E-state index is 13.3. The van der Waals surface area contributed by atoms with Gasteiger partial charge in [-0.2, -0.15) is 0 Å². The van der Waals surface area contributed by atoms with E-state index in [4.69, 9.17) is 4.98 Å². The van der Waals surface area contributed by atoms with Gasteiger partial charge < -0.3 is 10.2 Å². The van der Waals surface area contributed by atoms with Crippen molar-refractivity contribution in [2.75, 3.05) is 19.6 Å². The van der Waals surface area contributed by atoms with Crippen LogP contribution in [-0.2, 0) is 6.42 Å². The van der Waals surface area contributed by atoms with Crippen molar-refractivity contribution in [2.24, 2.45) is 0 Å². The molecule has 4 rings (SSSR count). The number of nitrogens with one attached hydrogen (secondary N) is 1. The molecule has 0 atom stereocenters. The third-order valence-electron chi connectivity index (χ3n) is 5.65. The van der Waals surface area contributed by atoms with Crippen molar-refractivity contribution in [3.8, 4) is 10.6 Å². The van der Waals surface area contributed by atoms with Gasteiger partial charge in [-0.15, -0.1) is 11.3 Å². The summed E-state index contributed by atoms with van der Waals surface area (Å²) in [5, 5.41) is 4.17. The fourth-order valence-corrected chi connectivity index (χ4v) is 5.14. The van der Waals surface area contributed by atoms with E-state index in [2.05, 4.69) is 52.1 Å². The Labute approximate surface area is 184 Å². The molecule has 0 spiro atoms. The van der Waals surface area contributed by atoms with Crippen molar-refractivity contribution in [3.05, 3.63) is 51.3 Å². The maximum Gasteiger partial charge on any atom is 0.252 e. The molecule has 4 nitrogen and oxygen atoms in total. The number of piperidine rings is 1. The highest BCUT2D eigenvalue weighted by atomic mass is 79.9. The van der Waals surface area contributed by atoms with E-state index >= 15 is 0 Å². The Balaban J connectivity index is 1.67. The first-order chi connectivity index (χ1) is 14.1. The summed E-state index contributed by atoms with van der Waals surface area (Å²) in [7, 11) is 0. The molecule has 0 radical (unpaired) electrons. The number of hydrogen-bond acceptors (Lipinski definition) is 4. The summed E-state index contributed by atoms with van der Waals surface area (Å²) in [4.78, 5) is 23.0. The average molecular weight is 472 g/mol. The lowest BCUT2D eigenvalue weighted by molar-refractivity contribution is 0.0914.